The van der Waals surface area contributed by atoms with Gasteiger partial charge in [0.2, 0.25) is 5.69 Å². The molecule has 2 heterocycles. The minimum Gasteiger partial charge on any atom is -0.335 e. The van der Waals surface area contributed by atoms with E-state index in [0.717, 1.165) is 21.4 Å². The molecule has 3 aromatic rings. The fourth-order valence-corrected chi connectivity index (χ4v) is 3.66. The number of amides is 1. The predicted octanol–water partition coefficient (Wildman–Crippen LogP) is 1.20. The number of carbonyl (C=O) groups excluding carboxylic acids is 1. The first-order valence-electron chi connectivity index (χ1n) is 10.3. The molecule has 0 unspecified atom stereocenters. The van der Waals surface area contributed by atoms with Crippen molar-refractivity contribution in [2.24, 2.45) is 7.05 Å². The van der Waals surface area contributed by atoms with Gasteiger partial charge in [-0.2, -0.15) is 9.78 Å². The minimum absolute atomic E-state index is 0.237. The zero-order chi connectivity index (χ0) is 22.0. The van der Waals surface area contributed by atoms with Crippen molar-refractivity contribution in [3.63, 3.8) is 0 Å². The van der Waals surface area contributed by atoms with Crippen LogP contribution in [0, 0.1) is 6.92 Å². The average molecular weight is 419 g/mol. The first-order valence-corrected chi connectivity index (χ1v) is 10.3. The fourth-order valence-electron chi connectivity index (χ4n) is 3.66. The van der Waals surface area contributed by atoms with E-state index in [1.54, 1.807) is 17.0 Å². The molecule has 8 nitrogen and oxygen atoms in total. The van der Waals surface area contributed by atoms with Crippen LogP contribution in [0.4, 0.5) is 0 Å². The second kappa shape index (κ2) is 8.69. The summed E-state index contributed by atoms with van der Waals surface area (Å²) in [6, 6.07) is 17.4. The van der Waals surface area contributed by atoms with E-state index in [0.29, 0.717) is 31.9 Å². The van der Waals surface area contributed by atoms with Crippen molar-refractivity contribution < 1.29 is 4.79 Å². The normalized spacial score (nSPS) is 14.6. The molecule has 1 fully saturated rings. The molecule has 0 saturated carbocycles. The second-order valence-corrected chi connectivity index (χ2v) is 7.80. The highest BCUT2D eigenvalue weighted by Crippen LogP contribution is 2.10. The number of aromatic nitrogens is 3. The zero-order valence-corrected chi connectivity index (χ0v) is 17.7. The zero-order valence-electron chi connectivity index (χ0n) is 17.7. The first-order chi connectivity index (χ1) is 14.9. The number of aryl methyl sites for hydroxylation is 1. The van der Waals surface area contributed by atoms with Crippen LogP contribution in [-0.2, 0) is 13.6 Å². The van der Waals surface area contributed by atoms with Crippen molar-refractivity contribution in [1.82, 2.24) is 24.1 Å². The molecule has 0 bridgehead atoms. The Hall–Kier alpha value is -3.52. The van der Waals surface area contributed by atoms with Gasteiger partial charge in [0.1, 0.15) is 0 Å². The Labute approximate surface area is 180 Å². The molecule has 0 N–H and O–H groups in total. The number of hydrogen-bond acceptors (Lipinski definition) is 5. The van der Waals surface area contributed by atoms with E-state index >= 15 is 0 Å². The van der Waals surface area contributed by atoms with E-state index in [1.165, 1.54) is 12.6 Å². The van der Waals surface area contributed by atoms with Crippen LogP contribution in [0.5, 0.6) is 0 Å². The van der Waals surface area contributed by atoms with Crippen LogP contribution in [0.1, 0.15) is 21.6 Å². The van der Waals surface area contributed by atoms with E-state index in [9.17, 15) is 14.4 Å². The summed E-state index contributed by atoms with van der Waals surface area (Å²) in [7, 11) is 1.37. The number of carbonyl (C=O) groups is 1. The van der Waals surface area contributed by atoms with Crippen LogP contribution >= 0.6 is 0 Å². The Morgan fingerprint density at radius 3 is 2.23 bits per heavy atom. The lowest BCUT2D eigenvalue weighted by Crippen LogP contribution is -2.51. The summed E-state index contributed by atoms with van der Waals surface area (Å²) in [5.74, 6) is -0.444. The lowest BCUT2D eigenvalue weighted by atomic mass is 10.2. The van der Waals surface area contributed by atoms with Crippen LogP contribution in [0.15, 0.2) is 64.2 Å². The highest BCUT2D eigenvalue weighted by atomic mass is 16.2. The van der Waals surface area contributed by atoms with E-state index in [2.05, 4.69) is 22.1 Å². The molecule has 0 spiro atoms. The van der Waals surface area contributed by atoms with Crippen molar-refractivity contribution in [3.8, 4) is 5.69 Å². The van der Waals surface area contributed by atoms with Gasteiger partial charge in [0.25, 0.3) is 11.5 Å². The van der Waals surface area contributed by atoms with Crippen molar-refractivity contribution in [3.05, 3.63) is 92.3 Å². The second-order valence-electron chi connectivity index (χ2n) is 7.80. The van der Waals surface area contributed by atoms with Crippen molar-refractivity contribution in [2.45, 2.75) is 13.5 Å². The number of hydrogen-bond donors (Lipinski definition) is 0. The lowest BCUT2D eigenvalue weighted by Gasteiger charge is -2.34. The maximum atomic E-state index is 13.1. The smallest absolute Gasteiger partial charge is 0.335 e. The van der Waals surface area contributed by atoms with E-state index in [4.69, 9.17) is 0 Å². The van der Waals surface area contributed by atoms with Gasteiger partial charge in [-0.05, 0) is 24.6 Å². The van der Waals surface area contributed by atoms with Crippen LogP contribution in [0.25, 0.3) is 5.69 Å². The standard InChI is InChI=1S/C23H25N5O3/c1-17-8-10-19(11-9-17)28-23(31)25(2)21(29)20(24-28)22(30)27-14-12-26(13-15-27)16-18-6-4-3-5-7-18/h3-11H,12-16H2,1-2H3. The Morgan fingerprint density at radius 2 is 1.58 bits per heavy atom. The first kappa shape index (κ1) is 20.7. The van der Waals surface area contributed by atoms with Crippen LogP contribution in [-0.4, -0.2) is 56.2 Å². The fraction of sp³-hybridized carbons (Fsp3) is 0.304. The molecular weight excluding hydrogens is 394 g/mol. The van der Waals surface area contributed by atoms with Gasteiger partial charge in [-0.3, -0.25) is 19.1 Å². The minimum atomic E-state index is -0.676. The molecule has 1 amide bonds. The third-order valence-electron chi connectivity index (χ3n) is 5.56. The van der Waals surface area contributed by atoms with Crippen molar-refractivity contribution >= 4 is 5.91 Å². The Kier molecular flexibility index (Phi) is 5.81. The summed E-state index contributed by atoms with van der Waals surface area (Å²) in [6.45, 7) is 5.17. The molecule has 4 rings (SSSR count). The van der Waals surface area contributed by atoms with E-state index in [1.807, 2.05) is 37.3 Å². The van der Waals surface area contributed by atoms with Crippen LogP contribution in [0.2, 0.25) is 0 Å². The topological polar surface area (TPSA) is 80.4 Å². The molecule has 1 aromatic heterocycles. The van der Waals surface area contributed by atoms with Gasteiger partial charge in [0.15, 0.2) is 0 Å². The Morgan fingerprint density at radius 1 is 0.935 bits per heavy atom. The van der Waals surface area contributed by atoms with E-state index in [-0.39, 0.29) is 5.69 Å². The molecule has 0 radical (unpaired) electrons. The number of benzene rings is 2. The third-order valence-corrected chi connectivity index (χ3v) is 5.56. The van der Waals surface area contributed by atoms with Crippen molar-refractivity contribution in [1.29, 1.82) is 0 Å². The lowest BCUT2D eigenvalue weighted by molar-refractivity contribution is 0.0617. The number of piperazine rings is 1. The molecule has 1 aliphatic rings. The largest absolute Gasteiger partial charge is 0.351 e. The summed E-state index contributed by atoms with van der Waals surface area (Å²) >= 11 is 0. The van der Waals surface area contributed by atoms with Gasteiger partial charge < -0.3 is 4.90 Å². The van der Waals surface area contributed by atoms with Gasteiger partial charge in [0.05, 0.1) is 5.69 Å². The highest BCUT2D eigenvalue weighted by Gasteiger charge is 2.27. The van der Waals surface area contributed by atoms with Crippen LogP contribution < -0.4 is 11.2 Å². The molecule has 1 saturated heterocycles. The number of nitrogens with zero attached hydrogens (tertiary/aromatic N) is 5. The predicted molar refractivity (Wildman–Crippen MR) is 117 cm³/mol. The highest BCUT2D eigenvalue weighted by molar-refractivity contribution is 5.91. The monoisotopic (exact) mass is 419 g/mol. The average Bonchev–Trinajstić information content (AvgIpc) is 2.79. The molecule has 1 aliphatic heterocycles. The quantitative estimate of drug-likeness (QED) is 0.635. The molecule has 8 heteroatoms. The van der Waals surface area contributed by atoms with Gasteiger partial charge in [-0.1, -0.05) is 48.0 Å². The number of rotatable bonds is 4. The van der Waals surface area contributed by atoms with Gasteiger partial charge in [-0.25, -0.2) is 4.79 Å². The van der Waals surface area contributed by atoms with Crippen LogP contribution in [0.3, 0.4) is 0 Å². The molecule has 2 aromatic carbocycles. The molecule has 160 valence electrons. The Balaban J connectivity index is 1.54. The van der Waals surface area contributed by atoms with Gasteiger partial charge in [-0.15, -0.1) is 0 Å². The maximum Gasteiger partial charge on any atom is 0.351 e. The van der Waals surface area contributed by atoms with Crippen molar-refractivity contribution in [2.75, 3.05) is 26.2 Å². The summed E-state index contributed by atoms with van der Waals surface area (Å²) in [4.78, 5) is 42.2. The van der Waals surface area contributed by atoms with Gasteiger partial charge >= 0.3 is 5.69 Å². The molecule has 0 atom stereocenters. The van der Waals surface area contributed by atoms with Gasteiger partial charge in [0, 0.05) is 39.8 Å². The summed E-state index contributed by atoms with van der Waals surface area (Å²) in [5, 5.41) is 4.16. The summed E-state index contributed by atoms with van der Waals surface area (Å²) in [6.07, 6.45) is 0. The molecule has 31 heavy (non-hydrogen) atoms. The molecule has 0 aliphatic carbocycles. The molecular formula is C23H25N5O3. The van der Waals surface area contributed by atoms with E-state index < -0.39 is 17.2 Å². The summed E-state index contributed by atoms with van der Waals surface area (Å²) < 4.78 is 2.05. The Bertz CT molecular complexity index is 1190. The third kappa shape index (κ3) is 4.34. The SMILES string of the molecule is Cc1ccc(-n2nc(C(=O)N3CCN(Cc4ccccc4)CC3)c(=O)n(C)c2=O)cc1. The summed E-state index contributed by atoms with van der Waals surface area (Å²) in [5.41, 5.74) is 1.27. The maximum absolute atomic E-state index is 13.1.